The van der Waals surface area contributed by atoms with Gasteiger partial charge in [0, 0.05) is 5.39 Å². The minimum atomic E-state index is -0.131. The van der Waals surface area contributed by atoms with Crippen LogP contribution in [-0.4, -0.2) is 11.8 Å². The summed E-state index contributed by atoms with van der Waals surface area (Å²) >= 11 is 0. The number of nitrogens with zero attached hydrogens (tertiary/aromatic N) is 1. The van der Waals surface area contributed by atoms with Crippen molar-refractivity contribution in [3.8, 4) is 0 Å². The van der Waals surface area contributed by atoms with E-state index in [1.807, 2.05) is 42.5 Å². The lowest BCUT2D eigenvalue weighted by Crippen LogP contribution is -2.34. The Bertz CT molecular complexity index is 916. The van der Waals surface area contributed by atoms with Crippen molar-refractivity contribution in [1.29, 1.82) is 0 Å². The predicted molar refractivity (Wildman–Crippen MR) is 91.2 cm³/mol. The molecule has 2 aromatic rings. The molecule has 0 N–H and O–H groups in total. The zero-order valence-electron chi connectivity index (χ0n) is 13.2. The maximum Gasteiger partial charge on any atom is 0.238 e. The second-order valence-electron chi connectivity index (χ2n) is 7.73. The fourth-order valence-corrected chi connectivity index (χ4v) is 5.72. The van der Waals surface area contributed by atoms with Crippen LogP contribution in [0.1, 0.15) is 12.8 Å². The number of anilines is 1. The number of allylic oxidation sites excluding steroid dienone is 2. The summed E-state index contributed by atoms with van der Waals surface area (Å²) in [5, 5.41) is 2.04. The van der Waals surface area contributed by atoms with Crippen LogP contribution in [0, 0.1) is 29.1 Å². The fraction of sp³-hybridized carbons (Fsp3) is 0.333. The zero-order chi connectivity index (χ0) is 16.1. The van der Waals surface area contributed by atoms with E-state index in [1.54, 1.807) is 0 Å². The molecule has 2 bridgehead atoms. The van der Waals surface area contributed by atoms with Crippen LogP contribution in [0.2, 0.25) is 0 Å². The van der Waals surface area contributed by atoms with Gasteiger partial charge in [0.05, 0.1) is 17.5 Å². The maximum atomic E-state index is 13.2. The van der Waals surface area contributed by atoms with Crippen LogP contribution >= 0.6 is 0 Å². The molecule has 0 radical (unpaired) electrons. The van der Waals surface area contributed by atoms with E-state index in [1.165, 1.54) is 17.7 Å². The molecule has 2 aromatic carbocycles. The molecule has 6 rings (SSSR count). The molecule has 1 saturated heterocycles. The van der Waals surface area contributed by atoms with E-state index in [-0.39, 0.29) is 40.9 Å². The van der Waals surface area contributed by atoms with Crippen molar-refractivity contribution >= 4 is 28.3 Å². The van der Waals surface area contributed by atoms with Crippen molar-refractivity contribution in [2.45, 2.75) is 12.8 Å². The Morgan fingerprint density at radius 1 is 0.833 bits per heavy atom. The summed E-state index contributed by atoms with van der Waals surface area (Å²) in [6.45, 7) is 0. The molecule has 3 fully saturated rings. The number of carbonyl (C=O) groups excluding carboxylic acids is 2. The Hall–Kier alpha value is -2.42. The molecule has 3 aliphatic carbocycles. The third-order valence-electron chi connectivity index (χ3n) is 6.86. The summed E-state index contributed by atoms with van der Waals surface area (Å²) in [6.07, 6.45) is 6.79. The molecule has 3 heteroatoms. The molecule has 0 aromatic heterocycles. The van der Waals surface area contributed by atoms with Crippen molar-refractivity contribution in [2.24, 2.45) is 29.1 Å². The largest absolute Gasteiger partial charge is 0.274 e. The standard InChI is InChI=1S/C21H17NO2/c23-19-17-14-8-9-15(21(14)10-11-21)18(17)20(24)22(19)16-7-3-5-12-4-1-2-6-13(12)16/h1-9,14-15,17-18H,10-11H2/t14-,15+,17+,18-. The summed E-state index contributed by atoms with van der Waals surface area (Å²) in [6, 6.07) is 13.8. The minimum absolute atomic E-state index is 0.0180. The van der Waals surface area contributed by atoms with Gasteiger partial charge < -0.3 is 0 Å². The molecular formula is C21H17NO2. The number of hydrogen-bond acceptors (Lipinski definition) is 2. The maximum absolute atomic E-state index is 13.2. The lowest BCUT2D eigenvalue weighted by atomic mass is 9.85. The molecule has 3 nitrogen and oxygen atoms in total. The van der Waals surface area contributed by atoms with Crippen LogP contribution < -0.4 is 4.90 Å². The average molecular weight is 315 g/mol. The van der Waals surface area contributed by atoms with Gasteiger partial charge in [-0.2, -0.15) is 0 Å². The van der Waals surface area contributed by atoms with E-state index < -0.39 is 0 Å². The monoisotopic (exact) mass is 315 g/mol. The average Bonchev–Trinajstić information content (AvgIpc) is 3.20. The van der Waals surface area contributed by atoms with Crippen LogP contribution in [-0.2, 0) is 9.59 Å². The molecule has 1 aliphatic heterocycles. The van der Waals surface area contributed by atoms with Gasteiger partial charge in [-0.1, -0.05) is 48.6 Å². The molecule has 118 valence electrons. The first-order chi connectivity index (χ1) is 11.7. The molecule has 24 heavy (non-hydrogen) atoms. The van der Waals surface area contributed by atoms with E-state index in [4.69, 9.17) is 0 Å². The van der Waals surface area contributed by atoms with E-state index >= 15 is 0 Å². The Morgan fingerprint density at radius 2 is 1.46 bits per heavy atom. The molecule has 4 aliphatic rings. The second kappa shape index (κ2) is 3.97. The first kappa shape index (κ1) is 12.9. The smallest absolute Gasteiger partial charge is 0.238 e. The number of carbonyl (C=O) groups is 2. The molecule has 4 atom stereocenters. The van der Waals surface area contributed by atoms with E-state index in [0.717, 1.165) is 16.5 Å². The topological polar surface area (TPSA) is 37.4 Å². The molecule has 2 amide bonds. The summed E-state index contributed by atoms with van der Waals surface area (Å²) in [4.78, 5) is 27.9. The van der Waals surface area contributed by atoms with Crippen LogP contribution in [0.25, 0.3) is 10.8 Å². The van der Waals surface area contributed by atoms with Gasteiger partial charge in [0.2, 0.25) is 11.8 Å². The van der Waals surface area contributed by atoms with Gasteiger partial charge in [0.15, 0.2) is 0 Å². The normalized spacial score (nSPS) is 34.6. The SMILES string of the molecule is O=C1[C@@H]2[C@H](C(=O)N1c1cccc3ccccc13)[C@@H]1C=C[C@H]2C12CC2. The Kier molecular flexibility index (Phi) is 2.14. The first-order valence-electron chi connectivity index (χ1n) is 8.76. The van der Waals surface area contributed by atoms with E-state index in [9.17, 15) is 9.59 Å². The lowest BCUT2D eigenvalue weighted by molar-refractivity contribution is -0.123. The van der Waals surface area contributed by atoms with Crippen LogP contribution in [0.3, 0.4) is 0 Å². The number of rotatable bonds is 1. The number of hydrogen-bond donors (Lipinski definition) is 0. The van der Waals surface area contributed by atoms with E-state index in [0.29, 0.717) is 0 Å². The van der Waals surface area contributed by atoms with Gasteiger partial charge in [-0.05, 0) is 41.5 Å². The summed E-state index contributed by atoms with van der Waals surface area (Å²) in [5.74, 6) is 0.338. The summed E-state index contributed by atoms with van der Waals surface area (Å²) in [5.41, 5.74) is 1.01. The van der Waals surface area contributed by atoms with Crippen molar-refractivity contribution in [1.82, 2.24) is 0 Å². The fourth-order valence-electron chi connectivity index (χ4n) is 5.72. The van der Waals surface area contributed by atoms with Crippen molar-refractivity contribution < 1.29 is 9.59 Å². The third kappa shape index (κ3) is 1.28. The van der Waals surface area contributed by atoms with Crippen LogP contribution in [0.4, 0.5) is 5.69 Å². The highest BCUT2D eigenvalue weighted by atomic mass is 16.2. The van der Waals surface area contributed by atoms with Gasteiger partial charge in [0.1, 0.15) is 0 Å². The van der Waals surface area contributed by atoms with Gasteiger partial charge in [0.25, 0.3) is 0 Å². The Balaban J connectivity index is 1.50. The summed E-state index contributed by atoms with van der Waals surface area (Å²) < 4.78 is 0. The molecule has 1 spiro atoms. The van der Waals surface area contributed by atoms with Crippen molar-refractivity contribution in [3.05, 3.63) is 54.6 Å². The highest BCUT2D eigenvalue weighted by molar-refractivity contribution is 6.25. The first-order valence-corrected chi connectivity index (χ1v) is 8.76. The second-order valence-corrected chi connectivity index (χ2v) is 7.73. The number of imide groups is 1. The Morgan fingerprint density at radius 3 is 2.12 bits per heavy atom. The van der Waals surface area contributed by atoms with Gasteiger partial charge in [-0.3, -0.25) is 9.59 Å². The minimum Gasteiger partial charge on any atom is -0.274 e. The Labute approximate surface area is 139 Å². The number of amides is 2. The quantitative estimate of drug-likeness (QED) is 0.596. The number of benzene rings is 2. The third-order valence-corrected chi connectivity index (χ3v) is 6.86. The zero-order valence-corrected chi connectivity index (χ0v) is 13.2. The van der Waals surface area contributed by atoms with Gasteiger partial charge >= 0.3 is 0 Å². The molecule has 2 saturated carbocycles. The van der Waals surface area contributed by atoms with Gasteiger partial charge in [-0.15, -0.1) is 0 Å². The molecule has 1 heterocycles. The molecule has 0 unspecified atom stereocenters. The predicted octanol–water partition coefficient (Wildman–Crippen LogP) is 3.54. The van der Waals surface area contributed by atoms with Crippen molar-refractivity contribution in [3.63, 3.8) is 0 Å². The summed E-state index contributed by atoms with van der Waals surface area (Å²) in [7, 11) is 0. The molecular weight excluding hydrogens is 298 g/mol. The number of fused-ring (bicyclic) bond motifs is 4. The van der Waals surface area contributed by atoms with Crippen LogP contribution in [0.15, 0.2) is 54.6 Å². The van der Waals surface area contributed by atoms with E-state index in [2.05, 4.69) is 12.2 Å². The highest BCUT2D eigenvalue weighted by Crippen LogP contribution is 2.73. The lowest BCUT2D eigenvalue weighted by Gasteiger charge is -2.22. The highest BCUT2D eigenvalue weighted by Gasteiger charge is 2.73. The van der Waals surface area contributed by atoms with Crippen molar-refractivity contribution in [2.75, 3.05) is 4.90 Å². The van der Waals surface area contributed by atoms with Crippen LogP contribution in [0.5, 0.6) is 0 Å². The van der Waals surface area contributed by atoms with Gasteiger partial charge in [-0.25, -0.2) is 4.90 Å².